The zero-order valence-electron chi connectivity index (χ0n) is 14.9. The third-order valence-electron chi connectivity index (χ3n) is 3.81. The molecule has 0 fully saturated rings. The van der Waals surface area contributed by atoms with E-state index in [1.54, 1.807) is 19.1 Å². The number of sulfone groups is 1. The number of carbonyl (C=O) groups is 2. The summed E-state index contributed by atoms with van der Waals surface area (Å²) in [6.07, 6.45) is 0.516. The predicted octanol–water partition coefficient (Wildman–Crippen LogP) is 1.26. The fourth-order valence-corrected chi connectivity index (χ4v) is 3.89. The highest BCUT2D eigenvalue weighted by Crippen LogP contribution is 2.27. The van der Waals surface area contributed by atoms with Gasteiger partial charge in [-0.1, -0.05) is 6.92 Å². The first-order valence-electron chi connectivity index (χ1n) is 7.93. The van der Waals surface area contributed by atoms with Crippen LogP contribution in [0.3, 0.4) is 0 Å². The van der Waals surface area contributed by atoms with E-state index < -0.39 is 21.8 Å². The molecule has 0 N–H and O–H groups in total. The highest BCUT2D eigenvalue weighted by Gasteiger charge is 2.32. The summed E-state index contributed by atoms with van der Waals surface area (Å²) in [6.45, 7) is 1.71. The summed E-state index contributed by atoms with van der Waals surface area (Å²) in [6, 6.07) is 6.02. The van der Waals surface area contributed by atoms with Gasteiger partial charge in [0.15, 0.2) is 9.84 Å². The quantitative estimate of drug-likeness (QED) is 0.677. The predicted molar refractivity (Wildman–Crippen MR) is 93.1 cm³/mol. The minimum Gasteiger partial charge on any atom is -0.466 e. The zero-order chi connectivity index (χ0) is 19.3. The van der Waals surface area contributed by atoms with Gasteiger partial charge in [-0.05, 0) is 30.7 Å². The first-order valence-corrected chi connectivity index (χ1v) is 9.58. The molecule has 0 bridgehead atoms. The van der Waals surface area contributed by atoms with Crippen LogP contribution in [0.2, 0.25) is 0 Å². The van der Waals surface area contributed by atoms with Crippen LogP contribution >= 0.6 is 0 Å². The van der Waals surface area contributed by atoms with Crippen LogP contribution in [0, 0.1) is 0 Å². The number of benzene rings is 1. The molecule has 8 nitrogen and oxygen atoms in total. The number of hydrogen-bond acceptors (Lipinski definition) is 8. The lowest BCUT2D eigenvalue weighted by molar-refractivity contribution is -0.140. The van der Waals surface area contributed by atoms with E-state index in [4.69, 9.17) is 14.2 Å². The molecule has 0 spiro atoms. The van der Waals surface area contributed by atoms with Gasteiger partial charge in [0.25, 0.3) is 0 Å². The van der Waals surface area contributed by atoms with Gasteiger partial charge in [0.05, 0.1) is 37.0 Å². The largest absolute Gasteiger partial charge is 0.466 e. The van der Waals surface area contributed by atoms with Gasteiger partial charge >= 0.3 is 11.9 Å². The van der Waals surface area contributed by atoms with E-state index in [-0.39, 0.29) is 35.3 Å². The highest BCUT2D eigenvalue weighted by molar-refractivity contribution is 7.91. The van der Waals surface area contributed by atoms with E-state index in [2.05, 4.69) is 0 Å². The van der Waals surface area contributed by atoms with E-state index >= 15 is 0 Å². The number of anilines is 1. The molecule has 0 aliphatic carbocycles. The molecular weight excluding hydrogens is 362 g/mol. The fraction of sp³-hybridized carbons (Fsp3) is 0.412. The van der Waals surface area contributed by atoms with Gasteiger partial charge in [-0.25, -0.2) is 18.0 Å². The molecule has 142 valence electrons. The molecule has 0 radical (unpaired) electrons. The summed E-state index contributed by atoms with van der Waals surface area (Å²) in [5.41, 5.74) is 0.532. The van der Waals surface area contributed by atoms with Crippen molar-refractivity contribution in [2.45, 2.75) is 18.2 Å². The van der Waals surface area contributed by atoms with E-state index in [9.17, 15) is 18.0 Å². The number of esters is 2. The lowest BCUT2D eigenvalue weighted by atomic mass is 10.1. The molecule has 0 saturated heterocycles. The summed E-state index contributed by atoms with van der Waals surface area (Å²) >= 11 is 0. The van der Waals surface area contributed by atoms with Crippen molar-refractivity contribution in [2.75, 3.05) is 38.2 Å². The van der Waals surface area contributed by atoms with Crippen LogP contribution in [-0.2, 0) is 33.6 Å². The average molecular weight is 383 g/mol. The number of nitrogens with zero attached hydrogens (tertiary/aromatic N) is 1. The topological polar surface area (TPSA) is 99.2 Å². The maximum atomic E-state index is 12.2. The minimum absolute atomic E-state index is 0.00594. The van der Waals surface area contributed by atoms with Crippen molar-refractivity contribution < 1.29 is 32.2 Å². The van der Waals surface area contributed by atoms with Gasteiger partial charge in [0, 0.05) is 5.69 Å². The summed E-state index contributed by atoms with van der Waals surface area (Å²) < 4.78 is 39.1. The third kappa shape index (κ3) is 4.05. The maximum Gasteiger partial charge on any atom is 0.355 e. The van der Waals surface area contributed by atoms with Crippen LogP contribution in [0.4, 0.5) is 5.69 Å². The molecule has 0 unspecified atom stereocenters. The lowest BCUT2D eigenvalue weighted by Gasteiger charge is -2.31. The molecular formula is C17H21NO7S. The van der Waals surface area contributed by atoms with E-state index in [0.717, 1.165) is 0 Å². The number of rotatable bonds is 6. The van der Waals surface area contributed by atoms with Gasteiger partial charge < -0.3 is 19.1 Å². The van der Waals surface area contributed by atoms with Gasteiger partial charge in [0.1, 0.15) is 12.4 Å². The molecule has 1 aliphatic rings. The summed E-state index contributed by atoms with van der Waals surface area (Å²) in [7, 11) is -0.936. The molecule has 1 aromatic rings. The molecule has 26 heavy (non-hydrogen) atoms. The second kappa shape index (κ2) is 8.33. The Morgan fingerprint density at radius 1 is 1.12 bits per heavy atom. The number of hydrogen-bond donors (Lipinski definition) is 0. The third-order valence-corrected chi connectivity index (χ3v) is 5.75. The molecule has 0 amide bonds. The Kier molecular flexibility index (Phi) is 6.38. The minimum atomic E-state index is -3.35. The first kappa shape index (κ1) is 19.9. The van der Waals surface area contributed by atoms with Crippen molar-refractivity contribution in [3.63, 3.8) is 0 Å². The highest BCUT2D eigenvalue weighted by atomic mass is 32.2. The SMILES string of the molecule is CCCS(=O)(=O)c1ccc(N2COCC(C(=O)OC)=C2C(=O)OC)cc1. The summed E-state index contributed by atoms with van der Waals surface area (Å²) in [5.74, 6) is -1.35. The van der Waals surface area contributed by atoms with Crippen molar-refractivity contribution in [3.05, 3.63) is 35.5 Å². The lowest BCUT2D eigenvalue weighted by Crippen LogP contribution is -2.38. The van der Waals surface area contributed by atoms with Crippen molar-refractivity contribution in [1.82, 2.24) is 0 Å². The van der Waals surface area contributed by atoms with Crippen LogP contribution in [0.25, 0.3) is 0 Å². The van der Waals surface area contributed by atoms with Crippen LogP contribution in [-0.4, -0.2) is 53.7 Å². The second-order valence-electron chi connectivity index (χ2n) is 5.53. The summed E-state index contributed by atoms with van der Waals surface area (Å²) in [5, 5.41) is 0. The Hall–Kier alpha value is -2.39. The van der Waals surface area contributed by atoms with Crippen molar-refractivity contribution >= 4 is 27.5 Å². The number of methoxy groups -OCH3 is 2. The van der Waals surface area contributed by atoms with E-state index in [1.165, 1.54) is 31.3 Å². The van der Waals surface area contributed by atoms with E-state index in [1.807, 2.05) is 0 Å². The normalized spacial score (nSPS) is 15.0. The van der Waals surface area contributed by atoms with Gasteiger partial charge in [0.2, 0.25) is 0 Å². The monoisotopic (exact) mass is 383 g/mol. The molecule has 9 heteroatoms. The van der Waals surface area contributed by atoms with Crippen LogP contribution in [0.5, 0.6) is 0 Å². The average Bonchev–Trinajstić information content (AvgIpc) is 2.66. The van der Waals surface area contributed by atoms with Crippen molar-refractivity contribution in [2.24, 2.45) is 0 Å². The van der Waals surface area contributed by atoms with Crippen LogP contribution < -0.4 is 4.90 Å². The van der Waals surface area contributed by atoms with E-state index in [0.29, 0.717) is 12.1 Å². The Balaban J connectivity index is 2.45. The Bertz CT molecular complexity index is 812. The molecule has 0 atom stereocenters. The zero-order valence-corrected chi connectivity index (χ0v) is 15.7. The molecule has 0 saturated carbocycles. The first-order chi connectivity index (χ1) is 12.4. The van der Waals surface area contributed by atoms with Crippen LogP contribution in [0.15, 0.2) is 40.4 Å². The van der Waals surface area contributed by atoms with Gasteiger partial charge in [-0.3, -0.25) is 0 Å². The molecule has 1 heterocycles. The molecule has 1 aromatic carbocycles. The molecule has 0 aromatic heterocycles. The fourth-order valence-electron chi connectivity index (χ4n) is 2.57. The van der Waals surface area contributed by atoms with Gasteiger partial charge in [-0.15, -0.1) is 0 Å². The smallest absolute Gasteiger partial charge is 0.355 e. The summed E-state index contributed by atoms with van der Waals surface area (Å²) in [4.78, 5) is 25.8. The number of ether oxygens (including phenoxy) is 3. The molecule has 1 aliphatic heterocycles. The molecule has 2 rings (SSSR count). The second-order valence-corrected chi connectivity index (χ2v) is 7.64. The Labute approximate surface area is 152 Å². The Morgan fingerprint density at radius 2 is 1.73 bits per heavy atom. The van der Waals surface area contributed by atoms with Crippen molar-refractivity contribution in [1.29, 1.82) is 0 Å². The van der Waals surface area contributed by atoms with Crippen LogP contribution in [0.1, 0.15) is 13.3 Å². The van der Waals surface area contributed by atoms with Gasteiger partial charge in [-0.2, -0.15) is 0 Å². The van der Waals surface area contributed by atoms with Crippen molar-refractivity contribution in [3.8, 4) is 0 Å². The standard InChI is InChI=1S/C17H21NO7S/c1-4-9-26(21,22)13-7-5-12(6-8-13)18-11-25-10-14(16(19)23-2)15(18)17(20)24-3/h5-8H,4,9-11H2,1-3H3. The Morgan fingerprint density at radius 3 is 2.27 bits per heavy atom. The number of carbonyl (C=O) groups excluding carboxylic acids is 2. The maximum absolute atomic E-state index is 12.2.